The number of hydrogen-bond donors (Lipinski definition) is 2. The van der Waals surface area contributed by atoms with Gasteiger partial charge in [-0.25, -0.2) is 9.78 Å². The molecule has 0 saturated carbocycles. The van der Waals surface area contributed by atoms with Crippen molar-refractivity contribution in [2.45, 2.75) is 19.0 Å². The summed E-state index contributed by atoms with van der Waals surface area (Å²) in [6.07, 6.45) is 6.21. The minimum atomic E-state index is -0.129. The van der Waals surface area contributed by atoms with Crippen LogP contribution in [0.2, 0.25) is 0 Å². The fourth-order valence-corrected chi connectivity index (χ4v) is 1.60. The van der Waals surface area contributed by atoms with Gasteiger partial charge in [-0.2, -0.15) is 0 Å². The fourth-order valence-electron chi connectivity index (χ4n) is 1.60. The Morgan fingerprint density at radius 3 is 3.25 bits per heavy atom. The first-order valence-corrected chi connectivity index (χ1v) is 5.42. The predicted molar refractivity (Wildman–Crippen MR) is 58.0 cm³/mol. The van der Waals surface area contributed by atoms with Crippen molar-refractivity contribution < 1.29 is 9.53 Å². The summed E-state index contributed by atoms with van der Waals surface area (Å²) in [6, 6.07) is 0.0314. The molecule has 2 N–H and O–H groups in total. The van der Waals surface area contributed by atoms with Crippen LogP contribution in [0.15, 0.2) is 18.7 Å². The topological polar surface area (TPSA) is 68.2 Å². The first-order valence-electron chi connectivity index (χ1n) is 5.42. The Morgan fingerprint density at radius 1 is 1.62 bits per heavy atom. The molecule has 2 rings (SSSR count). The van der Waals surface area contributed by atoms with E-state index in [-0.39, 0.29) is 12.1 Å². The quantitative estimate of drug-likeness (QED) is 0.754. The summed E-state index contributed by atoms with van der Waals surface area (Å²) in [7, 11) is 0. The highest BCUT2D eigenvalue weighted by Gasteiger charge is 2.16. The highest BCUT2D eigenvalue weighted by Crippen LogP contribution is 2.02. The Hall–Kier alpha value is -1.56. The average molecular weight is 224 g/mol. The van der Waals surface area contributed by atoms with Crippen LogP contribution in [0.1, 0.15) is 6.42 Å². The third-order valence-electron chi connectivity index (χ3n) is 2.48. The lowest BCUT2D eigenvalue weighted by Gasteiger charge is -2.11. The molecule has 1 aliphatic heterocycles. The van der Waals surface area contributed by atoms with Gasteiger partial charge in [0.15, 0.2) is 0 Å². The molecule has 6 nitrogen and oxygen atoms in total. The van der Waals surface area contributed by atoms with Crippen LogP contribution in [0.4, 0.5) is 4.79 Å². The summed E-state index contributed by atoms with van der Waals surface area (Å²) in [5, 5.41) is 5.65. The maximum absolute atomic E-state index is 11.4. The summed E-state index contributed by atoms with van der Waals surface area (Å²) in [6.45, 7) is 2.68. The molecule has 1 aromatic heterocycles. The van der Waals surface area contributed by atoms with Crippen molar-refractivity contribution in [2.75, 3.05) is 19.8 Å². The highest BCUT2D eigenvalue weighted by molar-refractivity contribution is 5.74. The Morgan fingerprint density at radius 2 is 2.56 bits per heavy atom. The molecular weight excluding hydrogens is 208 g/mol. The van der Waals surface area contributed by atoms with E-state index in [0.717, 1.165) is 19.6 Å². The Bertz CT molecular complexity index is 320. The van der Waals surface area contributed by atoms with Gasteiger partial charge in [0.25, 0.3) is 0 Å². The second kappa shape index (κ2) is 5.50. The van der Waals surface area contributed by atoms with Gasteiger partial charge < -0.3 is 19.9 Å². The molecule has 88 valence electrons. The van der Waals surface area contributed by atoms with Gasteiger partial charge in [0.1, 0.15) is 0 Å². The Labute approximate surface area is 94.0 Å². The third-order valence-corrected chi connectivity index (χ3v) is 2.48. The van der Waals surface area contributed by atoms with Crippen LogP contribution in [0, 0.1) is 0 Å². The molecule has 1 aromatic rings. The predicted octanol–water partition coefficient (Wildman–Crippen LogP) is -0.0288. The molecule has 0 aromatic carbocycles. The number of urea groups is 1. The van der Waals surface area contributed by atoms with Gasteiger partial charge in [0, 0.05) is 32.1 Å². The summed E-state index contributed by atoms with van der Waals surface area (Å²) < 4.78 is 7.08. The number of carbonyl (C=O) groups is 1. The van der Waals surface area contributed by atoms with Crippen LogP contribution in [0.3, 0.4) is 0 Å². The zero-order chi connectivity index (χ0) is 11.2. The zero-order valence-electron chi connectivity index (χ0n) is 9.06. The number of carbonyl (C=O) groups excluding carboxylic acids is 1. The minimum Gasteiger partial charge on any atom is -0.379 e. The molecule has 0 radical (unpaired) electrons. The number of nitrogens with zero attached hydrogens (tertiary/aromatic N) is 2. The third kappa shape index (κ3) is 3.23. The van der Waals surface area contributed by atoms with Crippen LogP contribution >= 0.6 is 0 Å². The summed E-state index contributed by atoms with van der Waals surface area (Å²) in [4.78, 5) is 15.3. The van der Waals surface area contributed by atoms with Gasteiger partial charge in [-0.3, -0.25) is 0 Å². The maximum Gasteiger partial charge on any atom is 0.315 e. The van der Waals surface area contributed by atoms with Crippen LogP contribution in [0.5, 0.6) is 0 Å². The molecule has 6 heteroatoms. The van der Waals surface area contributed by atoms with Crippen molar-refractivity contribution in [3.8, 4) is 0 Å². The summed E-state index contributed by atoms with van der Waals surface area (Å²) in [5.74, 6) is 0. The van der Waals surface area contributed by atoms with E-state index in [1.165, 1.54) is 0 Å². The Balaban J connectivity index is 1.60. The molecule has 1 saturated heterocycles. The molecule has 2 amide bonds. The van der Waals surface area contributed by atoms with Gasteiger partial charge in [0.2, 0.25) is 0 Å². The first kappa shape index (κ1) is 10.9. The standard InChI is InChI=1S/C10H16N4O2/c15-10(13-9-1-6-16-7-9)12-3-5-14-4-2-11-8-14/h2,4,8-9H,1,3,5-7H2,(H2,12,13,15). The number of imidazole rings is 1. The van der Waals surface area contributed by atoms with Gasteiger partial charge in [0.05, 0.1) is 19.0 Å². The van der Waals surface area contributed by atoms with Gasteiger partial charge >= 0.3 is 6.03 Å². The zero-order valence-corrected chi connectivity index (χ0v) is 9.06. The molecule has 0 aliphatic carbocycles. The fraction of sp³-hybridized carbons (Fsp3) is 0.600. The second-order valence-electron chi connectivity index (χ2n) is 3.76. The molecule has 1 fully saturated rings. The van der Waals surface area contributed by atoms with E-state index < -0.39 is 0 Å². The molecule has 16 heavy (non-hydrogen) atoms. The van der Waals surface area contributed by atoms with Crippen molar-refractivity contribution in [1.29, 1.82) is 0 Å². The van der Waals surface area contributed by atoms with Gasteiger partial charge in [-0.1, -0.05) is 0 Å². The molecule has 0 bridgehead atoms. The smallest absolute Gasteiger partial charge is 0.315 e. The number of nitrogens with one attached hydrogen (secondary N) is 2. The van der Waals surface area contributed by atoms with Crippen LogP contribution < -0.4 is 10.6 Å². The van der Waals surface area contributed by atoms with Crippen molar-refractivity contribution >= 4 is 6.03 Å². The van der Waals surface area contributed by atoms with E-state index in [9.17, 15) is 4.79 Å². The van der Waals surface area contributed by atoms with Crippen molar-refractivity contribution in [3.63, 3.8) is 0 Å². The van der Waals surface area contributed by atoms with E-state index in [1.54, 1.807) is 12.5 Å². The molecule has 1 atom stereocenters. The second-order valence-corrected chi connectivity index (χ2v) is 3.76. The highest BCUT2D eigenvalue weighted by atomic mass is 16.5. The molecule has 2 heterocycles. The van der Waals surface area contributed by atoms with E-state index in [4.69, 9.17) is 4.74 Å². The van der Waals surface area contributed by atoms with Crippen LogP contribution in [-0.4, -0.2) is 41.4 Å². The minimum absolute atomic E-state index is 0.129. The normalized spacial score (nSPS) is 19.6. The van der Waals surface area contributed by atoms with E-state index >= 15 is 0 Å². The number of ether oxygens (including phenoxy) is 1. The van der Waals surface area contributed by atoms with Crippen molar-refractivity contribution in [2.24, 2.45) is 0 Å². The molecule has 1 unspecified atom stereocenters. The van der Waals surface area contributed by atoms with Crippen LogP contribution in [-0.2, 0) is 11.3 Å². The summed E-state index contributed by atoms with van der Waals surface area (Å²) in [5.41, 5.74) is 0. The van der Waals surface area contributed by atoms with Gasteiger partial charge in [-0.15, -0.1) is 0 Å². The first-order chi connectivity index (χ1) is 7.84. The van der Waals surface area contributed by atoms with Crippen molar-refractivity contribution in [3.05, 3.63) is 18.7 Å². The molecular formula is C10H16N4O2. The van der Waals surface area contributed by atoms with Crippen molar-refractivity contribution in [1.82, 2.24) is 20.2 Å². The lowest BCUT2D eigenvalue weighted by atomic mass is 10.3. The Kier molecular flexibility index (Phi) is 3.76. The molecule has 0 spiro atoms. The monoisotopic (exact) mass is 224 g/mol. The number of aromatic nitrogens is 2. The lowest BCUT2D eigenvalue weighted by molar-refractivity contribution is 0.188. The van der Waals surface area contributed by atoms with Gasteiger partial charge in [-0.05, 0) is 6.42 Å². The largest absolute Gasteiger partial charge is 0.379 e. The van der Waals surface area contributed by atoms with Crippen LogP contribution in [0.25, 0.3) is 0 Å². The SMILES string of the molecule is O=C(NCCn1ccnc1)NC1CCOC1. The van der Waals surface area contributed by atoms with E-state index in [0.29, 0.717) is 13.2 Å². The lowest BCUT2D eigenvalue weighted by Crippen LogP contribution is -2.43. The molecule has 1 aliphatic rings. The van der Waals surface area contributed by atoms with E-state index in [2.05, 4.69) is 15.6 Å². The van der Waals surface area contributed by atoms with E-state index in [1.807, 2.05) is 10.8 Å². The number of rotatable bonds is 4. The average Bonchev–Trinajstić information content (AvgIpc) is 2.90. The number of hydrogen-bond acceptors (Lipinski definition) is 3. The number of amides is 2. The summed E-state index contributed by atoms with van der Waals surface area (Å²) >= 11 is 0. The maximum atomic E-state index is 11.4.